The van der Waals surface area contributed by atoms with Crippen LogP contribution in [0.25, 0.3) is 0 Å². The standard InChI is InChI=1S/C19H36N4O/c1-16-12-17(2)14-22(13-16)18(20-3)21-15-19(6-10-24-11-7-19)23-8-4-5-9-23/h16-17H,4-15H2,1-3H3,(H,20,21). The lowest BCUT2D eigenvalue weighted by Crippen LogP contribution is -2.59. The van der Waals surface area contributed by atoms with Gasteiger partial charge in [0.25, 0.3) is 0 Å². The Hall–Kier alpha value is -0.810. The SMILES string of the molecule is CN=C(NCC1(N2CCCC2)CCOCC1)N1CC(C)CC(C)C1. The summed E-state index contributed by atoms with van der Waals surface area (Å²) >= 11 is 0. The van der Waals surface area contributed by atoms with Gasteiger partial charge in [0.2, 0.25) is 0 Å². The van der Waals surface area contributed by atoms with E-state index < -0.39 is 0 Å². The number of nitrogens with zero attached hydrogens (tertiary/aromatic N) is 3. The number of hydrogen-bond acceptors (Lipinski definition) is 3. The Balaban J connectivity index is 1.64. The van der Waals surface area contributed by atoms with Crippen LogP contribution in [0.3, 0.4) is 0 Å². The van der Waals surface area contributed by atoms with Crippen molar-refractivity contribution in [1.29, 1.82) is 0 Å². The van der Waals surface area contributed by atoms with E-state index in [0.717, 1.165) is 63.5 Å². The molecule has 3 aliphatic heterocycles. The summed E-state index contributed by atoms with van der Waals surface area (Å²) in [7, 11) is 1.93. The van der Waals surface area contributed by atoms with E-state index in [2.05, 4.69) is 34.0 Å². The van der Waals surface area contributed by atoms with Gasteiger partial charge in [0.05, 0.1) is 0 Å². The average Bonchev–Trinajstić information content (AvgIpc) is 3.10. The van der Waals surface area contributed by atoms with Crippen LogP contribution >= 0.6 is 0 Å². The molecule has 0 aliphatic carbocycles. The van der Waals surface area contributed by atoms with Crippen LogP contribution in [0, 0.1) is 11.8 Å². The van der Waals surface area contributed by atoms with Crippen LogP contribution < -0.4 is 5.32 Å². The fourth-order valence-corrected chi connectivity index (χ4v) is 4.96. The molecule has 0 saturated carbocycles. The lowest BCUT2D eigenvalue weighted by molar-refractivity contribution is -0.0167. The van der Waals surface area contributed by atoms with Crippen molar-refractivity contribution in [3.05, 3.63) is 0 Å². The topological polar surface area (TPSA) is 40.1 Å². The molecule has 2 atom stereocenters. The molecule has 5 heteroatoms. The quantitative estimate of drug-likeness (QED) is 0.633. The van der Waals surface area contributed by atoms with Crippen molar-refractivity contribution >= 4 is 5.96 Å². The number of rotatable bonds is 3. The molecule has 0 aromatic heterocycles. The number of guanidine groups is 1. The minimum absolute atomic E-state index is 0.262. The molecule has 3 saturated heterocycles. The van der Waals surface area contributed by atoms with Gasteiger partial charge in [0.15, 0.2) is 5.96 Å². The van der Waals surface area contributed by atoms with Gasteiger partial charge in [-0.3, -0.25) is 9.89 Å². The molecule has 0 aromatic carbocycles. The summed E-state index contributed by atoms with van der Waals surface area (Å²) in [6, 6.07) is 0. The summed E-state index contributed by atoms with van der Waals surface area (Å²) < 4.78 is 5.67. The molecule has 1 N–H and O–H groups in total. The van der Waals surface area contributed by atoms with E-state index in [1.54, 1.807) is 0 Å². The third-order valence-electron chi connectivity index (χ3n) is 6.16. The second-order valence-corrected chi connectivity index (χ2v) is 8.28. The maximum atomic E-state index is 5.67. The van der Waals surface area contributed by atoms with Crippen molar-refractivity contribution in [2.45, 2.75) is 51.5 Å². The zero-order chi connectivity index (χ0) is 17.0. The monoisotopic (exact) mass is 336 g/mol. The number of likely N-dealkylation sites (tertiary alicyclic amines) is 2. The van der Waals surface area contributed by atoms with E-state index in [4.69, 9.17) is 4.74 Å². The van der Waals surface area contributed by atoms with Crippen molar-refractivity contribution < 1.29 is 4.74 Å². The van der Waals surface area contributed by atoms with Gasteiger partial charge in [0.1, 0.15) is 0 Å². The summed E-state index contributed by atoms with van der Waals surface area (Å²) in [6.45, 7) is 12.3. The highest BCUT2D eigenvalue weighted by molar-refractivity contribution is 5.80. The van der Waals surface area contributed by atoms with Crippen LogP contribution in [0.1, 0.15) is 46.0 Å². The Morgan fingerprint density at radius 2 is 1.75 bits per heavy atom. The maximum absolute atomic E-state index is 5.67. The van der Waals surface area contributed by atoms with Gasteiger partial charge >= 0.3 is 0 Å². The van der Waals surface area contributed by atoms with Gasteiger partial charge in [0, 0.05) is 45.4 Å². The molecule has 5 nitrogen and oxygen atoms in total. The van der Waals surface area contributed by atoms with Crippen LogP contribution in [0.5, 0.6) is 0 Å². The largest absolute Gasteiger partial charge is 0.381 e. The first-order valence-electron chi connectivity index (χ1n) is 9.91. The number of aliphatic imine (C=N–C) groups is 1. The van der Waals surface area contributed by atoms with E-state index >= 15 is 0 Å². The van der Waals surface area contributed by atoms with Crippen LogP contribution in [-0.2, 0) is 4.74 Å². The third kappa shape index (κ3) is 4.05. The molecular formula is C19H36N4O. The van der Waals surface area contributed by atoms with Crippen molar-refractivity contribution in [2.75, 3.05) is 53.0 Å². The molecule has 0 spiro atoms. The summed E-state index contributed by atoms with van der Waals surface area (Å²) in [5.74, 6) is 2.60. The summed E-state index contributed by atoms with van der Waals surface area (Å²) in [5.41, 5.74) is 0.262. The highest BCUT2D eigenvalue weighted by Gasteiger charge is 2.40. The van der Waals surface area contributed by atoms with Gasteiger partial charge in [-0.1, -0.05) is 13.8 Å². The van der Waals surface area contributed by atoms with Crippen molar-refractivity contribution in [1.82, 2.24) is 15.1 Å². The molecule has 0 radical (unpaired) electrons. The fraction of sp³-hybridized carbons (Fsp3) is 0.947. The fourth-order valence-electron chi connectivity index (χ4n) is 4.96. The molecule has 138 valence electrons. The second-order valence-electron chi connectivity index (χ2n) is 8.28. The second kappa shape index (κ2) is 8.05. The summed E-state index contributed by atoms with van der Waals surface area (Å²) in [6.07, 6.45) is 6.31. The molecule has 3 rings (SSSR count). The Morgan fingerprint density at radius 1 is 1.12 bits per heavy atom. The summed E-state index contributed by atoms with van der Waals surface area (Å²) in [5, 5.41) is 3.75. The predicted molar refractivity (Wildman–Crippen MR) is 99.5 cm³/mol. The van der Waals surface area contributed by atoms with Crippen LogP contribution in [0.2, 0.25) is 0 Å². The van der Waals surface area contributed by atoms with E-state index in [0.29, 0.717) is 0 Å². The first-order valence-corrected chi connectivity index (χ1v) is 9.91. The predicted octanol–water partition coefficient (Wildman–Crippen LogP) is 2.18. The Bertz CT molecular complexity index is 417. The third-order valence-corrected chi connectivity index (χ3v) is 6.16. The highest BCUT2D eigenvalue weighted by atomic mass is 16.5. The first-order chi connectivity index (χ1) is 11.6. The Labute approximate surface area is 147 Å². The molecule has 3 heterocycles. The zero-order valence-corrected chi connectivity index (χ0v) is 15.9. The average molecular weight is 337 g/mol. The van der Waals surface area contributed by atoms with Gasteiger partial charge in [-0.25, -0.2) is 0 Å². The first kappa shape index (κ1) is 18.0. The minimum Gasteiger partial charge on any atom is -0.381 e. The zero-order valence-electron chi connectivity index (χ0n) is 15.9. The molecule has 3 aliphatic rings. The Morgan fingerprint density at radius 3 is 2.33 bits per heavy atom. The molecular weight excluding hydrogens is 300 g/mol. The molecule has 0 bridgehead atoms. The smallest absolute Gasteiger partial charge is 0.193 e. The number of hydrogen-bond donors (Lipinski definition) is 1. The van der Waals surface area contributed by atoms with Gasteiger partial charge in [-0.15, -0.1) is 0 Å². The van der Waals surface area contributed by atoms with Crippen LogP contribution in [-0.4, -0.2) is 74.3 Å². The lowest BCUT2D eigenvalue weighted by Gasteiger charge is -2.46. The Kier molecular flexibility index (Phi) is 6.03. The lowest BCUT2D eigenvalue weighted by atomic mass is 9.88. The molecule has 3 fully saturated rings. The maximum Gasteiger partial charge on any atom is 0.193 e. The van der Waals surface area contributed by atoms with E-state index in [1.807, 2.05) is 7.05 Å². The normalized spacial score (nSPS) is 32.1. The van der Waals surface area contributed by atoms with Crippen molar-refractivity contribution in [3.8, 4) is 0 Å². The number of piperidine rings is 1. The van der Waals surface area contributed by atoms with Crippen molar-refractivity contribution in [3.63, 3.8) is 0 Å². The van der Waals surface area contributed by atoms with Gasteiger partial charge in [-0.05, 0) is 57.0 Å². The van der Waals surface area contributed by atoms with E-state index in [9.17, 15) is 0 Å². The van der Waals surface area contributed by atoms with E-state index in [-0.39, 0.29) is 5.54 Å². The van der Waals surface area contributed by atoms with E-state index in [1.165, 1.54) is 32.4 Å². The highest BCUT2D eigenvalue weighted by Crippen LogP contribution is 2.31. The van der Waals surface area contributed by atoms with Crippen LogP contribution in [0.4, 0.5) is 0 Å². The minimum atomic E-state index is 0.262. The number of ether oxygens (including phenoxy) is 1. The van der Waals surface area contributed by atoms with Gasteiger partial charge < -0.3 is 15.0 Å². The van der Waals surface area contributed by atoms with Gasteiger partial charge in [-0.2, -0.15) is 0 Å². The van der Waals surface area contributed by atoms with Crippen LogP contribution in [0.15, 0.2) is 4.99 Å². The number of nitrogens with one attached hydrogen (secondary N) is 1. The molecule has 0 aromatic rings. The summed E-state index contributed by atoms with van der Waals surface area (Å²) in [4.78, 5) is 9.79. The van der Waals surface area contributed by atoms with Crippen molar-refractivity contribution in [2.24, 2.45) is 16.8 Å². The molecule has 0 amide bonds. The molecule has 24 heavy (non-hydrogen) atoms. The molecule has 2 unspecified atom stereocenters.